The van der Waals surface area contributed by atoms with Gasteiger partial charge >= 0.3 is 0 Å². The molecule has 112 valence electrons. The molecule has 2 aromatic heterocycles. The topological polar surface area (TPSA) is 86.8 Å². The predicted molar refractivity (Wildman–Crippen MR) is 88.1 cm³/mol. The van der Waals surface area contributed by atoms with Crippen LogP contribution in [-0.4, -0.2) is 48.1 Å². The molecule has 0 unspecified atom stereocenters. The third-order valence-electron chi connectivity index (χ3n) is 3.44. The number of aliphatic hydroxyl groups is 1. The Morgan fingerprint density at radius 3 is 3.10 bits per heavy atom. The van der Waals surface area contributed by atoms with Crippen molar-refractivity contribution >= 4 is 39.3 Å². The fourth-order valence-electron chi connectivity index (χ4n) is 2.41. The fraction of sp³-hybridized carbons (Fsp3) is 0.429. The lowest BCUT2D eigenvalue weighted by atomic mass is 10.1. The Morgan fingerprint density at radius 1 is 1.52 bits per heavy atom. The van der Waals surface area contributed by atoms with Gasteiger partial charge in [-0.05, 0) is 12.5 Å². The summed E-state index contributed by atoms with van der Waals surface area (Å²) >= 11 is 1.73. The number of pyridine rings is 1. The molecule has 0 aliphatic carbocycles. The molecule has 0 spiro atoms. The molecule has 0 saturated heterocycles. The van der Waals surface area contributed by atoms with Gasteiger partial charge in [0.25, 0.3) is 0 Å². The molecule has 0 amide bonds. The SMILES string of the molecule is CN1C[C@@H](c2cc3nc(N)cc(NCCCO)c3s2)C=N1. The van der Waals surface area contributed by atoms with Crippen LogP contribution in [0.4, 0.5) is 11.5 Å². The van der Waals surface area contributed by atoms with Crippen molar-refractivity contribution in [2.24, 2.45) is 5.10 Å². The quantitative estimate of drug-likeness (QED) is 0.732. The number of anilines is 2. The van der Waals surface area contributed by atoms with Crippen LogP contribution in [-0.2, 0) is 0 Å². The molecule has 21 heavy (non-hydrogen) atoms. The normalized spacial score (nSPS) is 17.8. The van der Waals surface area contributed by atoms with Crippen molar-refractivity contribution in [1.29, 1.82) is 0 Å². The van der Waals surface area contributed by atoms with Crippen molar-refractivity contribution in [2.45, 2.75) is 12.3 Å². The van der Waals surface area contributed by atoms with E-state index in [4.69, 9.17) is 10.8 Å². The number of thiophene rings is 1. The first-order valence-corrected chi connectivity index (χ1v) is 7.79. The van der Waals surface area contributed by atoms with Crippen molar-refractivity contribution in [3.63, 3.8) is 0 Å². The van der Waals surface area contributed by atoms with Gasteiger partial charge in [0, 0.05) is 49.8 Å². The molecule has 1 aliphatic rings. The summed E-state index contributed by atoms with van der Waals surface area (Å²) in [5.41, 5.74) is 7.80. The van der Waals surface area contributed by atoms with Crippen LogP contribution in [0.1, 0.15) is 17.2 Å². The van der Waals surface area contributed by atoms with E-state index in [2.05, 4.69) is 21.5 Å². The smallest absolute Gasteiger partial charge is 0.126 e. The van der Waals surface area contributed by atoms with Crippen LogP contribution in [0.3, 0.4) is 0 Å². The Labute approximate surface area is 127 Å². The summed E-state index contributed by atoms with van der Waals surface area (Å²) < 4.78 is 1.11. The molecule has 0 bridgehead atoms. The standard InChI is InChI=1S/C14H19N5OS/c1-19-8-9(7-17-19)12-5-11-14(21-12)10(6-13(15)18-11)16-3-2-4-20/h5-7,9,20H,2-4,8H2,1H3,(H3,15,16,18)/t9-/m0/s1. The monoisotopic (exact) mass is 305 g/mol. The minimum Gasteiger partial charge on any atom is -0.396 e. The number of rotatable bonds is 5. The number of nitrogens with one attached hydrogen (secondary N) is 1. The van der Waals surface area contributed by atoms with Crippen molar-refractivity contribution < 1.29 is 5.11 Å². The van der Waals surface area contributed by atoms with Gasteiger partial charge in [-0.25, -0.2) is 4.98 Å². The molecule has 7 heteroatoms. The maximum atomic E-state index is 8.89. The zero-order valence-electron chi connectivity index (χ0n) is 11.9. The molecule has 4 N–H and O–H groups in total. The van der Waals surface area contributed by atoms with Gasteiger partial charge in [0.1, 0.15) is 5.82 Å². The molecule has 0 fully saturated rings. The van der Waals surface area contributed by atoms with Crippen LogP contribution < -0.4 is 11.1 Å². The number of nitrogens with two attached hydrogens (primary N) is 1. The van der Waals surface area contributed by atoms with E-state index in [0.29, 0.717) is 18.2 Å². The van der Waals surface area contributed by atoms with Gasteiger partial charge in [0.05, 0.1) is 15.9 Å². The zero-order valence-corrected chi connectivity index (χ0v) is 12.7. The van der Waals surface area contributed by atoms with E-state index in [1.165, 1.54) is 4.88 Å². The molecule has 2 aromatic rings. The predicted octanol–water partition coefficient (Wildman–Crippen LogP) is 1.69. The first-order valence-electron chi connectivity index (χ1n) is 6.97. The van der Waals surface area contributed by atoms with Gasteiger partial charge in [-0.15, -0.1) is 11.3 Å². The Bertz CT molecular complexity index is 669. The van der Waals surface area contributed by atoms with Crippen molar-refractivity contribution in [2.75, 3.05) is 37.8 Å². The van der Waals surface area contributed by atoms with Gasteiger partial charge in [-0.1, -0.05) is 0 Å². The lowest BCUT2D eigenvalue weighted by Gasteiger charge is -2.08. The second-order valence-corrected chi connectivity index (χ2v) is 6.26. The Morgan fingerprint density at radius 2 is 2.38 bits per heavy atom. The van der Waals surface area contributed by atoms with E-state index in [1.807, 2.05) is 24.3 Å². The third-order valence-corrected chi connectivity index (χ3v) is 4.73. The highest BCUT2D eigenvalue weighted by Crippen LogP contribution is 2.36. The molecule has 0 aromatic carbocycles. The van der Waals surface area contributed by atoms with Crippen molar-refractivity contribution in [3.05, 3.63) is 17.0 Å². The van der Waals surface area contributed by atoms with E-state index in [0.717, 1.165) is 29.0 Å². The maximum absolute atomic E-state index is 8.89. The molecular formula is C14H19N5OS. The first kappa shape index (κ1) is 14.1. The number of fused-ring (bicyclic) bond motifs is 1. The van der Waals surface area contributed by atoms with Gasteiger partial charge < -0.3 is 16.2 Å². The average Bonchev–Trinajstić information content (AvgIpc) is 3.04. The van der Waals surface area contributed by atoms with E-state index < -0.39 is 0 Å². The van der Waals surface area contributed by atoms with Crippen LogP contribution in [0.15, 0.2) is 17.2 Å². The van der Waals surface area contributed by atoms with Crippen LogP contribution in [0.2, 0.25) is 0 Å². The Balaban J connectivity index is 1.92. The summed E-state index contributed by atoms with van der Waals surface area (Å²) in [4.78, 5) is 5.67. The zero-order chi connectivity index (χ0) is 14.8. The number of nitrogens with zero attached hydrogens (tertiary/aromatic N) is 3. The second-order valence-electron chi connectivity index (χ2n) is 5.17. The minimum absolute atomic E-state index is 0.178. The highest BCUT2D eigenvalue weighted by Gasteiger charge is 2.20. The lowest BCUT2D eigenvalue weighted by Crippen LogP contribution is -2.10. The molecular weight excluding hydrogens is 286 g/mol. The molecule has 0 saturated carbocycles. The summed E-state index contributed by atoms with van der Waals surface area (Å²) in [6.07, 6.45) is 2.69. The number of likely N-dealkylation sites (N-methyl/N-ethyl adjacent to an activating group) is 1. The summed E-state index contributed by atoms with van der Waals surface area (Å²) in [6.45, 7) is 1.79. The maximum Gasteiger partial charge on any atom is 0.126 e. The van der Waals surface area contributed by atoms with Crippen LogP contribution in [0.5, 0.6) is 0 Å². The third kappa shape index (κ3) is 2.93. The van der Waals surface area contributed by atoms with Crippen LogP contribution >= 0.6 is 11.3 Å². The van der Waals surface area contributed by atoms with Crippen molar-refractivity contribution in [3.8, 4) is 0 Å². The van der Waals surface area contributed by atoms with E-state index in [9.17, 15) is 0 Å². The van der Waals surface area contributed by atoms with E-state index >= 15 is 0 Å². The summed E-state index contributed by atoms with van der Waals surface area (Å²) in [7, 11) is 1.97. The first-order chi connectivity index (χ1) is 10.2. The van der Waals surface area contributed by atoms with Crippen molar-refractivity contribution in [1.82, 2.24) is 9.99 Å². The molecule has 1 atom stereocenters. The molecule has 6 nitrogen and oxygen atoms in total. The molecule has 1 aliphatic heterocycles. The number of aromatic nitrogens is 1. The highest BCUT2D eigenvalue weighted by molar-refractivity contribution is 7.19. The van der Waals surface area contributed by atoms with Crippen LogP contribution in [0, 0.1) is 0 Å². The van der Waals surface area contributed by atoms with Gasteiger partial charge in [-0.3, -0.25) is 5.01 Å². The summed E-state index contributed by atoms with van der Waals surface area (Å²) in [5.74, 6) is 0.830. The Kier molecular flexibility index (Phi) is 3.94. The van der Waals surface area contributed by atoms with Gasteiger partial charge in [-0.2, -0.15) is 5.10 Å². The highest BCUT2D eigenvalue weighted by atomic mass is 32.1. The second kappa shape index (κ2) is 5.87. The number of hydrogen-bond donors (Lipinski definition) is 3. The van der Waals surface area contributed by atoms with Gasteiger partial charge in [0.2, 0.25) is 0 Å². The average molecular weight is 305 g/mol. The largest absolute Gasteiger partial charge is 0.396 e. The lowest BCUT2D eigenvalue weighted by molar-refractivity contribution is 0.292. The number of aliphatic hydroxyl groups excluding tert-OH is 1. The molecule has 3 rings (SSSR count). The van der Waals surface area contributed by atoms with Gasteiger partial charge in [0.15, 0.2) is 0 Å². The van der Waals surface area contributed by atoms with Crippen LogP contribution in [0.25, 0.3) is 10.2 Å². The number of hydrogen-bond acceptors (Lipinski definition) is 7. The minimum atomic E-state index is 0.178. The molecule has 3 heterocycles. The summed E-state index contributed by atoms with van der Waals surface area (Å²) in [6, 6.07) is 3.96. The number of nitrogen functional groups attached to an aromatic ring is 1. The van der Waals surface area contributed by atoms with E-state index in [1.54, 1.807) is 11.3 Å². The summed E-state index contributed by atoms with van der Waals surface area (Å²) in [5, 5.41) is 18.5. The van der Waals surface area contributed by atoms with E-state index in [-0.39, 0.29) is 6.61 Å². The number of hydrazone groups is 1. The molecule has 0 radical (unpaired) electrons. The fourth-order valence-corrected chi connectivity index (χ4v) is 3.56. The Hall–Kier alpha value is -1.86.